The Bertz CT molecular complexity index is 478. The van der Waals surface area contributed by atoms with E-state index < -0.39 is 11.9 Å². The van der Waals surface area contributed by atoms with Crippen molar-refractivity contribution in [3.05, 3.63) is 29.8 Å². The van der Waals surface area contributed by atoms with Gasteiger partial charge in [0.2, 0.25) is 11.8 Å². The molecule has 1 fully saturated rings. The summed E-state index contributed by atoms with van der Waals surface area (Å²) in [6, 6.07) is 0.828. The van der Waals surface area contributed by atoms with Gasteiger partial charge in [0.25, 0.3) is 0 Å². The van der Waals surface area contributed by atoms with Crippen molar-refractivity contribution in [2.45, 2.75) is 25.9 Å². The van der Waals surface area contributed by atoms with Crippen LogP contribution in [0.2, 0.25) is 0 Å². The van der Waals surface area contributed by atoms with Crippen LogP contribution in [0.15, 0.2) is 18.5 Å². The largest absolute Gasteiger partial charge is 0.345 e. The number of carbonyl (C=O) groups is 2. The van der Waals surface area contributed by atoms with E-state index in [4.69, 9.17) is 0 Å². The maximum Gasteiger partial charge on any atom is 0.243 e. The lowest BCUT2D eigenvalue weighted by atomic mass is 10.1. The molecule has 0 saturated carbocycles. The van der Waals surface area contributed by atoms with Gasteiger partial charge in [0.1, 0.15) is 11.9 Å². The van der Waals surface area contributed by atoms with Gasteiger partial charge in [0.15, 0.2) is 0 Å². The highest BCUT2D eigenvalue weighted by Crippen LogP contribution is 2.14. The lowest BCUT2D eigenvalue weighted by Gasteiger charge is -2.34. The number of nitrogens with zero attached hydrogens (tertiary/aromatic N) is 2. The van der Waals surface area contributed by atoms with Crippen LogP contribution in [0.1, 0.15) is 18.9 Å². The smallest absolute Gasteiger partial charge is 0.243 e. The molecule has 0 aromatic carbocycles. The highest BCUT2D eigenvalue weighted by molar-refractivity contribution is 5.94. The van der Waals surface area contributed by atoms with Gasteiger partial charge < -0.3 is 10.2 Å². The standard InChI is InChI=1S/C12H14FN3O2/c1-2-10-12(18)15-6-11(17)16(10)7-8-3-9(13)5-14-4-8/h3-5,10H,2,6-7H2,1H3,(H,15,18). The first-order chi connectivity index (χ1) is 8.61. The van der Waals surface area contributed by atoms with Crippen molar-refractivity contribution in [2.75, 3.05) is 6.54 Å². The number of pyridine rings is 1. The van der Waals surface area contributed by atoms with E-state index in [1.807, 2.05) is 6.92 Å². The Labute approximate surface area is 104 Å². The molecular formula is C12H14FN3O2. The maximum atomic E-state index is 13.0. The number of amides is 2. The monoisotopic (exact) mass is 251 g/mol. The maximum absolute atomic E-state index is 13.0. The van der Waals surface area contributed by atoms with E-state index in [0.29, 0.717) is 12.0 Å². The molecule has 1 saturated heterocycles. The van der Waals surface area contributed by atoms with Gasteiger partial charge in [0, 0.05) is 12.7 Å². The Morgan fingerprint density at radius 1 is 1.50 bits per heavy atom. The van der Waals surface area contributed by atoms with Crippen molar-refractivity contribution in [1.82, 2.24) is 15.2 Å². The Balaban J connectivity index is 2.19. The fourth-order valence-electron chi connectivity index (χ4n) is 2.04. The number of nitrogens with one attached hydrogen (secondary N) is 1. The SMILES string of the molecule is CCC1C(=O)NCC(=O)N1Cc1cncc(F)c1. The van der Waals surface area contributed by atoms with Crippen molar-refractivity contribution in [3.8, 4) is 0 Å². The number of carbonyl (C=O) groups excluding carboxylic acids is 2. The zero-order chi connectivity index (χ0) is 13.1. The van der Waals surface area contributed by atoms with Gasteiger partial charge in [-0.25, -0.2) is 4.39 Å². The van der Waals surface area contributed by atoms with Crippen LogP contribution >= 0.6 is 0 Å². The van der Waals surface area contributed by atoms with Gasteiger partial charge in [-0.2, -0.15) is 0 Å². The fraction of sp³-hybridized carbons (Fsp3) is 0.417. The van der Waals surface area contributed by atoms with Crippen LogP contribution in [-0.4, -0.2) is 34.3 Å². The van der Waals surface area contributed by atoms with Crippen molar-refractivity contribution >= 4 is 11.8 Å². The second-order valence-corrected chi connectivity index (χ2v) is 4.17. The molecule has 1 aromatic heterocycles. The van der Waals surface area contributed by atoms with Crippen molar-refractivity contribution in [3.63, 3.8) is 0 Å². The summed E-state index contributed by atoms with van der Waals surface area (Å²) in [4.78, 5) is 28.6. The first-order valence-corrected chi connectivity index (χ1v) is 5.78. The zero-order valence-corrected chi connectivity index (χ0v) is 10.0. The third-order valence-electron chi connectivity index (χ3n) is 2.91. The lowest BCUT2D eigenvalue weighted by Crippen LogP contribution is -2.57. The molecule has 5 nitrogen and oxygen atoms in total. The molecule has 1 unspecified atom stereocenters. The van der Waals surface area contributed by atoms with Gasteiger partial charge in [-0.3, -0.25) is 14.6 Å². The normalized spacial score (nSPS) is 19.9. The first-order valence-electron chi connectivity index (χ1n) is 5.78. The number of aromatic nitrogens is 1. The van der Waals surface area contributed by atoms with Crippen LogP contribution in [0, 0.1) is 5.82 Å². The molecule has 1 aliphatic heterocycles. The minimum absolute atomic E-state index is 0.00191. The molecule has 2 rings (SSSR count). The average molecular weight is 251 g/mol. The van der Waals surface area contributed by atoms with Crippen LogP contribution in [0.3, 0.4) is 0 Å². The highest BCUT2D eigenvalue weighted by Gasteiger charge is 2.32. The van der Waals surface area contributed by atoms with E-state index in [9.17, 15) is 14.0 Å². The number of rotatable bonds is 3. The van der Waals surface area contributed by atoms with E-state index in [0.717, 1.165) is 6.20 Å². The molecule has 1 aromatic rings. The molecule has 18 heavy (non-hydrogen) atoms. The Hall–Kier alpha value is -1.98. The summed E-state index contributed by atoms with van der Waals surface area (Å²) in [7, 11) is 0. The number of halogens is 1. The van der Waals surface area contributed by atoms with E-state index >= 15 is 0 Å². The summed E-state index contributed by atoms with van der Waals surface area (Å²) in [6.07, 6.45) is 3.13. The minimum atomic E-state index is -0.491. The van der Waals surface area contributed by atoms with Crippen molar-refractivity contribution < 1.29 is 14.0 Å². The number of hydrogen-bond acceptors (Lipinski definition) is 3. The zero-order valence-electron chi connectivity index (χ0n) is 10.0. The molecule has 2 heterocycles. The summed E-state index contributed by atoms with van der Waals surface area (Å²) in [5, 5.41) is 2.54. The van der Waals surface area contributed by atoms with Gasteiger partial charge in [-0.1, -0.05) is 6.92 Å². The van der Waals surface area contributed by atoms with E-state index in [1.54, 1.807) is 0 Å². The van der Waals surface area contributed by atoms with E-state index in [2.05, 4.69) is 10.3 Å². The van der Waals surface area contributed by atoms with Gasteiger partial charge in [0.05, 0.1) is 12.7 Å². The van der Waals surface area contributed by atoms with Gasteiger partial charge in [-0.05, 0) is 18.1 Å². The Kier molecular flexibility index (Phi) is 3.55. The summed E-state index contributed by atoms with van der Waals surface area (Å²) in [5.41, 5.74) is 0.580. The minimum Gasteiger partial charge on any atom is -0.345 e. The summed E-state index contributed by atoms with van der Waals surface area (Å²) in [5.74, 6) is -0.776. The quantitative estimate of drug-likeness (QED) is 0.848. The second-order valence-electron chi connectivity index (χ2n) is 4.17. The van der Waals surface area contributed by atoms with E-state index in [1.165, 1.54) is 17.2 Å². The van der Waals surface area contributed by atoms with Gasteiger partial charge in [-0.15, -0.1) is 0 Å². The Morgan fingerprint density at radius 2 is 2.28 bits per heavy atom. The molecule has 6 heteroatoms. The summed E-state index contributed by atoms with van der Waals surface area (Å²) < 4.78 is 13.0. The van der Waals surface area contributed by atoms with Crippen LogP contribution in [0.25, 0.3) is 0 Å². The molecule has 0 aliphatic carbocycles. The van der Waals surface area contributed by atoms with Gasteiger partial charge >= 0.3 is 0 Å². The molecule has 1 atom stereocenters. The lowest BCUT2D eigenvalue weighted by molar-refractivity contribution is -0.146. The number of hydrogen-bond donors (Lipinski definition) is 1. The van der Waals surface area contributed by atoms with Crippen LogP contribution in [-0.2, 0) is 16.1 Å². The molecular weight excluding hydrogens is 237 g/mol. The average Bonchev–Trinajstić information content (AvgIpc) is 2.34. The third kappa shape index (κ3) is 2.47. The molecule has 2 amide bonds. The predicted molar refractivity (Wildman–Crippen MR) is 61.8 cm³/mol. The molecule has 96 valence electrons. The molecule has 1 N–H and O–H groups in total. The Morgan fingerprint density at radius 3 is 2.94 bits per heavy atom. The molecule has 0 radical (unpaired) electrons. The summed E-state index contributed by atoms with van der Waals surface area (Å²) >= 11 is 0. The van der Waals surface area contributed by atoms with Crippen LogP contribution in [0.4, 0.5) is 4.39 Å². The van der Waals surface area contributed by atoms with Crippen LogP contribution in [0.5, 0.6) is 0 Å². The fourth-order valence-corrected chi connectivity index (χ4v) is 2.04. The predicted octanol–water partition coefficient (Wildman–Crippen LogP) is 0.458. The second kappa shape index (κ2) is 5.12. The first kappa shape index (κ1) is 12.5. The third-order valence-corrected chi connectivity index (χ3v) is 2.91. The molecule has 0 bridgehead atoms. The van der Waals surface area contributed by atoms with E-state index in [-0.39, 0.29) is 24.9 Å². The summed E-state index contributed by atoms with van der Waals surface area (Å²) in [6.45, 7) is 2.03. The van der Waals surface area contributed by atoms with Crippen LogP contribution < -0.4 is 5.32 Å². The van der Waals surface area contributed by atoms with Crippen molar-refractivity contribution in [1.29, 1.82) is 0 Å². The molecule has 1 aliphatic rings. The van der Waals surface area contributed by atoms with Crippen molar-refractivity contribution in [2.24, 2.45) is 0 Å². The topological polar surface area (TPSA) is 62.3 Å². The highest BCUT2D eigenvalue weighted by atomic mass is 19.1. The number of piperazine rings is 1. The molecule has 0 spiro atoms.